The second-order valence-electron chi connectivity index (χ2n) is 3.44. The summed E-state index contributed by atoms with van der Waals surface area (Å²) in [6.45, 7) is 0. The van der Waals surface area contributed by atoms with Gasteiger partial charge in [0, 0.05) is 11.9 Å². The number of hydrogen-bond donors (Lipinski definition) is 1. The molecule has 0 saturated heterocycles. The van der Waals surface area contributed by atoms with Gasteiger partial charge in [0.25, 0.3) is 0 Å². The van der Waals surface area contributed by atoms with Gasteiger partial charge in [0.05, 0.1) is 0 Å². The number of rotatable bonds is 2. The SMILES string of the molecule is O=C(O)Cc1ncc2c(n1)CCSCC2. The van der Waals surface area contributed by atoms with Crippen LogP contribution in [0.3, 0.4) is 0 Å². The van der Waals surface area contributed by atoms with Crippen LogP contribution in [0.2, 0.25) is 0 Å². The van der Waals surface area contributed by atoms with Gasteiger partial charge in [0.15, 0.2) is 0 Å². The molecule has 0 radical (unpaired) electrons. The second kappa shape index (κ2) is 4.61. The highest BCUT2D eigenvalue weighted by Crippen LogP contribution is 2.17. The fraction of sp³-hybridized carbons (Fsp3) is 0.500. The van der Waals surface area contributed by atoms with E-state index in [4.69, 9.17) is 5.11 Å². The number of aryl methyl sites for hydroxylation is 2. The van der Waals surface area contributed by atoms with E-state index in [9.17, 15) is 4.79 Å². The molecule has 0 bridgehead atoms. The van der Waals surface area contributed by atoms with Crippen LogP contribution in [0, 0.1) is 0 Å². The standard InChI is InChI=1S/C10H12N2O2S/c13-10(14)5-9-11-6-7-1-3-15-4-2-8(7)12-9/h6H,1-5H2,(H,13,14). The van der Waals surface area contributed by atoms with Gasteiger partial charge in [-0.3, -0.25) is 4.79 Å². The van der Waals surface area contributed by atoms with E-state index in [2.05, 4.69) is 9.97 Å². The van der Waals surface area contributed by atoms with Crippen LogP contribution >= 0.6 is 11.8 Å². The zero-order valence-corrected chi connectivity index (χ0v) is 9.09. The first-order chi connectivity index (χ1) is 7.25. The Kier molecular flexibility index (Phi) is 3.20. The Balaban J connectivity index is 2.23. The maximum Gasteiger partial charge on any atom is 0.311 e. The van der Waals surface area contributed by atoms with E-state index in [0.29, 0.717) is 5.82 Å². The summed E-state index contributed by atoms with van der Waals surface area (Å²) in [6.07, 6.45) is 3.62. The summed E-state index contributed by atoms with van der Waals surface area (Å²) in [5, 5.41) is 8.64. The molecule has 1 N–H and O–H groups in total. The van der Waals surface area contributed by atoms with Gasteiger partial charge in [-0.1, -0.05) is 0 Å². The molecule has 0 fully saturated rings. The minimum Gasteiger partial charge on any atom is -0.481 e. The van der Waals surface area contributed by atoms with E-state index in [0.717, 1.165) is 30.0 Å². The number of aliphatic carboxylic acids is 1. The maximum absolute atomic E-state index is 10.5. The van der Waals surface area contributed by atoms with E-state index in [1.54, 1.807) is 6.20 Å². The number of carbonyl (C=O) groups is 1. The molecule has 1 aromatic heterocycles. The van der Waals surface area contributed by atoms with E-state index in [1.807, 2.05) is 11.8 Å². The lowest BCUT2D eigenvalue weighted by atomic mass is 10.1. The first-order valence-electron chi connectivity index (χ1n) is 4.89. The third-order valence-corrected chi connectivity index (χ3v) is 3.30. The van der Waals surface area contributed by atoms with Crippen LogP contribution in [0.25, 0.3) is 0 Å². The predicted octanol–water partition coefficient (Wildman–Crippen LogP) is 0.936. The summed E-state index contributed by atoms with van der Waals surface area (Å²) in [7, 11) is 0. The predicted molar refractivity (Wildman–Crippen MR) is 58.1 cm³/mol. The molecular weight excluding hydrogens is 212 g/mol. The van der Waals surface area contributed by atoms with Crippen molar-refractivity contribution in [2.24, 2.45) is 0 Å². The Hall–Kier alpha value is -1.10. The third-order valence-electron chi connectivity index (χ3n) is 2.31. The molecule has 1 aliphatic rings. The summed E-state index contributed by atoms with van der Waals surface area (Å²) in [5.41, 5.74) is 2.21. The van der Waals surface area contributed by atoms with Gasteiger partial charge in [0.1, 0.15) is 12.2 Å². The Morgan fingerprint density at radius 2 is 2.27 bits per heavy atom. The molecule has 0 spiro atoms. The fourth-order valence-corrected chi connectivity index (χ4v) is 2.49. The van der Waals surface area contributed by atoms with Gasteiger partial charge in [-0.05, 0) is 29.9 Å². The number of thioether (sulfide) groups is 1. The summed E-state index contributed by atoms with van der Waals surface area (Å²) < 4.78 is 0. The number of hydrogen-bond acceptors (Lipinski definition) is 4. The van der Waals surface area contributed by atoms with Gasteiger partial charge in [0.2, 0.25) is 0 Å². The second-order valence-corrected chi connectivity index (χ2v) is 4.67. The summed E-state index contributed by atoms with van der Waals surface area (Å²) in [5.74, 6) is 1.72. The number of carboxylic acids is 1. The van der Waals surface area contributed by atoms with Crippen molar-refractivity contribution in [1.82, 2.24) is 9.97 Å². The highest BCUT2D eigenvalue weighted by Gasteiger charge is 2.12. The van der Waals surface area contributed by atoms with Crippen molar-refractivity contribution in [2.45, 2.75) is 19.3 Å². The van der Waals surface area contributed by atoms with Gasteiger partial charge >= 0.3 is 5.97 Å². The number of carboxylic acid groups (broad SMARTS) is 1. The van der Waals surface area contributed by atoms with Crippen molar-refractivity contribution in [3.63, 3.8) is 0 Å². The molecule has 2 rings (SSSR count). The average molecular weight is 224 g/mol. The lowest BCUT2D eigenvalue weighted by molar-refractivity contribution is -0.136. The van der Waals surface area contributed by atoms with Crippen LogP contribution in [0.1, 0.15) is 17.1 Å². The van der Waals surface area contributed by atoms with Crippen LogP contribution in [-0.4, -0.2) is 32.5 Å². The van der Waals surface area contributed by atoms with Gasteiger partial charge < -0.3 is 5.11 Å². The first kappa shape index (κ1) is 10.4. The molecule has 0 amide bonds. The molecule has 1 aromatic rings. The minimum atomic E-state index is -0.877. The molecule has 5 heteroatoms. The van der Waals surface area contributed by atoms with Crippen LogP contribution in [-0.2, 0) is 24.1 Å². The van der Waals surface area contributed by atoms with E-state index < -0.39 is 5.97 Å². The van der Waals surface area contributed by atoms with E-state index in [-0.39, 0.29) is 6.42 Å². The van der Waals surface area contributed by atoms with E-state index in [1.165, 1.54) is 5.56 Å². The molecule has 0 atom stereocenters. The molecule has 1 aliphatic heterocycles. The van der Waals surface area contributed by atoms with Crippen molar-refractivity contribution < 1.29 is 9.90 Å². The third kappa shape index (κ3) is 2.68. The number of aromatic nitrogens is 2. The van der Waals surface area contributed by atoms with Crippen molar-refractivity contribution >= 4 is 17.7 Å². The topological polar surface area (TPSA) is 63.1 Å². The van der Waals surface area contributed by atoms with Crippen molar-refractivity contribution in [2.75, 3.05) is 11.5 Å². The smallest absolute Gasteiger partial charge is 0.311 e. The molecule has 15 heavy (non-hydrogen) atoms. The molecule has 80 valence electrons. The molecule has 2 heterocycles. The van der Waals surface area contributed by atoms with Crippen LogP contribution in [0.5, 0.6) is 0 Å². The Bertz CT molecular complexity index is 382. The van der Waals surface area contributed by atoms with Gasteiger partial charge in [-0.15, -0.1) is 0 Å². The summed E-state index contributed by atoms with van der Waals surface area (Å²) in [6, 6.07) is 0. The highest BCUT2D eigenvalue weighted by molar-refractivity contribution is 7.99. The molecular formula is C10H12N2O2S. The largest absolute Gasteiger partial charge is 0.481 e. The van der Waals surface area contributed by atoms with Crippen molar-refractivity contribution in [3.05, 3.63) is 23.3 Å². The zero-order valence-electron chi connectivity index (χ0n) is 8.27. The Morgan fingerprint density at radius 3 is 3.07 bits per heavy atom. The van der Waals surface area contributed by atoms with Crippen LogP contribution in [0.15, 0.2) is 6.20 Å². The Labute approximate surface area is 92.1 Å². The van der Waals surface area contributed by atoms with E-state index >= 15 is 0 Å². The lowest BCUT2D eigenvalue weighted by Gasteiger charge is -2.04. The number of fused-ring (bicyclic) bond motifs is 1. The van der Waals surface area contributed by atoms with Crippen LogP contribution < -0.4 is 0 Å². The Morgan fingerprint density at radius 1 is 1.47 bits per heavy atom. The number of nitrogens with zero attached hydrogens (tertiary/aromatic N) is 2. The normalized spacial score (nSPS) is 15.5. The average Bonchev–Trinajstić information content (AvgIpc) is 2.41. The van der Waals surface area contributed by atoms with Crippen LogP contribution in [0.4, 0.5) is 0 Å². The van der Waals surface area contributed by atoms with Crippen molar-refractivity contribution in [1.29, 1.82) is 0 Å². The molecule has 0 aliphatic carbocycles. The monoisotopic (exact) mass is 224 g/mol. The molecule has 4 nitrogen and oxygen atoms in total. The highest BCUT2D eigenvalue weighted by atomic mass is 32.2. The molecule has 0 aromatic carbocycles. The molecule has 0 saturated carbocycles. The van der Waals surface area contributed by atoms with Crippen molar-refractivity contribution in [3.8, 4) is 0 Å². The summed E-state index contributed by atoms with van der Waals surface area (Å²) >= 11 is 1.91. The zero-order chi connectivity index (χ0) is 10.7. The quantitative estimate of drug-likeness (QED) is 0.809. The van der Waals surface area contributed by atoms with Gasteiger partial charge in [-0.25, -0.2) is 9.97 Å². The first-order valence-corrected chi connectivity index (χ1v) is 6.04. The fourth-order valence-electron chi connectivity index (χ4n) is 1.58. The summed E-state index contributed by atoms with van der Waals surface area (Å²) in [4.78, 5) is 18.9. The molecule has 0 unspecified atom stereocenters. The minimum absolute atomic E-state index is 0.0829. The maximum atomic E-state index is 10.5. The van der Waals surface area contributed by atoms with Gasteiger partial charge in [-0.2, -0.15) is 11.8 Å². The lowest BCUT2D eigenvalue weighted by Crippen LogP contribution is -2.08.